The van der Waals surface area contributed by atoms with Crippen LogP contribution in [0.3, 0.4) is 0 Å². The van der Waals surface area contributed by atoms with E-state index < -0.39 is 0 Å². The van der Waals surface area contributed by atoms with E-state index in [4.69, 9.17) is 0 Å². The van der Waals surface area contributed by atoms with E-state index in [-0.39, 0.29) is 24.0 Å². The second kappa shape index (κ2) is 9.89. The van der Waals surface area contributed by atoms with Crippen molar-refractivity contribution in [1.82, 2.24) is 20.4 Å². The summed E-state index contributed by atoms with van der Waals surface area (Å²) in [6.45, 7) is 4.61. The number of nitrogens with zero attached hydrogens (tertiary/aromatic N) is 3. The summed E-state index contributed by atoms with van der Waals surface area (Å²) < 4.78 is 0. The molecule has 1 aromatic heterocycles. The molecule has 0 amide bonds. The van der Waals surface area contributed by atoms with Crippen molar-refractivity contribution in [3.8, 4) is 0 Å². The molecule has 27 heavy (non-hydrogen) atoms. The maximum Gasteiger partial charge on any atom is 0.191 e. The maximum absolute atomic E-state index is 4.49. The van der Waals surface area contributed by atoms with Crippen molar-refractivity contribution in [2.24, 2.45) is 10.9 Å². The van der Waals surface area contributed by atoms with E-state index in [1.54, 1.807) is 0 Å². The van der Waals surface area contributed by atoms with Crippen molar-refractivity contribution in [1.29, 1.82) is 0 Å². The Bertz CT molecular complexity index is 604. The first-order valence-electron chi connectivity index (χ1n) is 10.2. The van der Waals surface area contributed by atoms with E-state index >= 15 is 0 Å². The van der Waals surface area contributed by atoms with Crippen molar-refractivity contribution < 1.29 is 0 Å². The summed E-state index contributed by atoms with van der Waals surface area (Å²) in [5.74, 6) is 1.61. The Morgan fingerprint density at radius 1 is 1.26 bits per heavy atom. The molecule has 3 atom stereocenters. The van der Waals surface area contributed by atoms with E-state index in [0.717, 1.165) is 18.5 Å². The van der Waals surface area contributed by atoms with Crippen molar-refractivity contribution >= 4 is 41.3 Å². The van der Waals surface area contributed by atoms with E-state index in [2.05, 4.69) is 50.0 Å². The Morgan fingerprint density at radius 3 is 2.81 bits per heavy atom. The number of piperidine rings is 1. The van der Waals surface area contributed by atoms with Gasteiger partial charge >= 0.3 is 0 Å². The topological polar surface area (TPSA) is 42.9 Å². The van der Waals surface area contributed by atoms with Gasteiger partial charge in [0.15, 0.2) is 5.96 Å². The summed E-state index contributed by atoms with van der Waals surface area (Å²) in [4.78, 5) is 11.2. The van der Waals surface area contributed by atoms with Gasteiger partial charge in [0.05, 0.1) is 0 Å². The van der Waals surface area contributed by atoms with E-state index in [0.29, 0.717) is 18.0 Å². The fourth-order valence-electron chi connectivity index (χ4n) is 4.67. The number of rotatable bonds is 5. The Kier molecular flexibility index (Phi) is 7.82. The number of hydrogen-bond donors (Lipinski definition) is 2. The van der Waals surface area contributed by atoms with Crippen molar-refractivity contribution in [2.75, 3.05) is 40.3 Å². The van der Waals surface area contributed by atoms with Crippen molar-refractivity contribution in [2.45, 2.75) is 50.2 Å². The van der Waals surface area contributed by atoms with E-state index in [9.17, 15) is 0 Å². The highest BCUT2D eigenvalue weighted by Crippen LogP contribution is 2.36. The molecular formula is C20H34IN5S. The molecule has 2 N–H and O–H groups in total. The maximum atomic E-state index is 4.49. The number of aliphatic imine (C=N–C) groups is 1. The average molecular weight is 503 g/mol. The lowest BCUT2D eigenvalue weighted by molar-refractivity contribution is 0.125. The first kappa shape index (κ1) is 21.3. The predicted molar refractivity (Wildman–Crippen MR) is 125 cm³/mol. The number of guanidine groups is 1. The first-order chi connectivity index (χ1) is 12.7. The van der Waals surface area contributed by atoms with Crippen LogP contribution in [0.4, 0.5) is 0 Å². The van der Waals surface area contributed by atoms with Gasteiger partial charge in [0.1, 0.15) is 0 Å². The number of halogens is 1. The Hall–Kier alpha value is -0.380. The molecule has 152 valence electrons. The van der Waals surface area contributed by atoms with Crippen molar-refractivity contribution in [3.63, 3.8) is 0 Å². The molecule has 3 fully saturated rings. The van der Waals surface area contributed by atoms with Gasteiger partial charge in [-0.25, -0.2) is 0 Å². The smallest absolute Gasteiger partial charge is 0.191 e. The minimum atomic E-state index is 0. The summed E-state index contributed by atoms with van der Waals surface area (Å²) >= 11 is 1.89. The Balaban J connectivity index is 0.00000210. The van der Waals surface area contributed by atoms with Crippen LogP contribution < -0.4 is 10.6 Å². The predicted octanol–water partition coefficient (Wildman–Crippen LogP) is 3.15. The van der Waals surface area contributed by atoms with Crippen molar-refractivity contribution in [3.05, 3.63) is 22.4 Å². The van der Waals surface area contributed by atoms with Gasteiger partial charge < -0.3 is 10.6 Å². The molecule has 0 bridgehead atoms. The third-order valence-electron chi connectivity index (χ3n) is 6.22. The van der Waals surface area contributed by atoms with Gasteiger partial charge in [-0.2, -0.15) is 0 Å². The molecule has 1 aromatic rings. The minimum absolute atomic E-state index is 0. The van der Waals surface area contributed by atoms with Gasteiger partial charge in [0.2, 0.25) is 0 Å². The highest BCUT2D eigenvalue weighted by molar-refractivity contribution is 14.0. The molecule has 7 heteroatoms. The molecule has 1 saturated carbocycles. The van der Waals surface area contributed by atoms with Gasteiger partial charge in [-0.3, -0.25) is 14.8 Å². The number of thiophene rings is 1. The van der Waals surface area contributed by atoms with Gasteiger partial charge in [-0.05, 0) is 63.1 Å². The molecule has 5 nitrogen and oxygen atoms in total. The van der Waals surface area contributed by atoms with Gasteiger partial charge in [0, 0.05) is 49.7 Å². The average Bonchev–Trinajstić information content (AvgIpc) is 3.16. The van der Waals surface area contributed by atoms with Crippen LogP contribution in [0.1, 0.15) is 43.0 Å². The quantitative estimate of drug-likeness (QED) is 0.368. The summed E-state index contributed by atoms with van der Waals surface area (Å²) in [5.41, 5.74) is 0. The standard InChI is InChI=1S/C20H33N5S.HI/c1-21-20(23-16-9-11-25(14-16)17-7-8-17)22-13-15-5-3-10-24(2)19(15)18-6-4-12-26-18;/h4,6,12,15-17,19H,3,5,7-11,13-14H2,1-2H3,(H2,21,22,23);1H. The van der Waals surface area contributed by atoms with Crippen LogP contribution in [-0.2, 0) is 0 Å². The lowest BCUT2D eigenvalue weighted by atomic mass is 9.88. The fourth-order valence-corrected chi connectivity index (χ4v) is 5.66. The fraction of sp³-hybridized carbons (Fsp3) is 0.750. The molecule has 1 aliphatic carbocycles. The number of hydrogen-bond acceptors (Lipinski definition) is 4. The lowest BCUT2D eigenvalue weighted by Crippen LogP contribution is -2.48. The second-order valence-corrected chi connectivity index (χ2v) is 9.13. The number of nitrogens with one attached hydrogen (secondary N) is 2. The summed E-state index contributed by atoms with van der Waals surface area (Å²) in [5, 5.41) is 9.50. The zero-order valence-electron chi connectivity index (χ0n) is 16.6. The third kappa shape index (κ3) is 5.36. The first-order valence-corrected chi connectivity index (χ1v) is 11.1. The molecule has 4 rings (SSSR count). The molecule has 2 aliphatic heterocycles. The molecule has 0 aromatic carbocycles. The molecular weight excluding hydrogens is 469 g/mol. The lowest BCUT2D eigenvalue weighted by Gasteiger charge is -2.39. The third-order valence-corrected chi connectivity index (χ3v) is 7.16. The van der Waals surface area contributed by atoms with Crippen LogP contribution >= 0.6 is 35.3 Å². The van der Waals surface area contributed by atoms with Crippen LogP contribution in [-0.4, -0.2) is 68.1 Å². The molecule has 3 heterocycles. The highest BCUT2D eigenvalue weighted by atomic mass is 127. The van der Waals surface area contributed by atoms with Crippen LogP contribution in [0.25, 0.3) is 0 Å². The van der Waals surface area contributed by atoms with E-state index in [1.807, 2.05) is 18.4 Å². The van der Waals surface area contributed by atoms with E-state index in [1.165, 1.54) is 56.6 Å². The van der Waals surface area contributed by atoms with Crippen LogP contribution in [0.2, 0.25) is 0 Å². The largest absolute Gasteiger partial charge is 0.356 e. The zero-order valence-corrected chi connectivity index (χ0v) is 19.7. The Morgan fingerprint density at radius 2 is 2.11 bits per heavy atom. The summed E-state index contributed by atoms with van der Waals surface area (Å²) in [6, 6.07) is 6.43. The molecule has 3 unspecified atom stereocenters. The highest BCUT2D eigenvalue weighted by Gasteiger charge is 2.35. The molecule has 2 saturated heterocycles. The molecule has 0 radical (unpaired) electrons. The SMILES string of the molecule is CN=C(NCC1CCCN(C)C1c1cccs1)NC1CCN(C2CC2)C1.I. The van der Waals surface area contributed by atoms with Gasteiger partial charge in [0.25, 0.3) is 0 Å². The summed E-state index contributed by atoms with van der Waals surface area (Å²) in [7, 11) is 4.17. The number of likely N-dealkylation sites (tertiary alicyclic amines) is 2. The van der Waals surface area contributed by atoms with Crippen LogP contribution in [0.5, 0.6) is 0 Å². The molecule has 0 spiro atoms. The Labute approximate surface area is 185 Å². The van der Waals surface area contributed by atoms with Gasteiger partial charge in [-0.1, -0.05) is 6.07 Å². The summed E-state index contributed by atoms with van der Waals surface area (Å²) in [6.07, 6.45) is 6.62. The van der Waals surface area contributed by atoms with Crippen LogP contribution in [0, 0.1) is 5.92 Å². The van der Waals surface area contributed by atoms with Gasteiger partial charge in [-0.15, -0.1) is 35.3 Å². The zero-order chi connectivity index (χ0) is 17.9. The second-order valence-electron chi connectivity index (χ2n) is 8.15. The molecule has 3 aliphatic rings. The van der Waals surface area contributed by atoms with Crippen LogP contribution in [0.15, 0.2) is 22.5 Å². The monoisotopic (exact) mass is 503 g/mol. The normalized spacial score (nSPS) is 30.1. The minimum Gasteiger partial charge on any atom is -0.356 e.